The topological polar surface area (TPSA) is 91.2 Å². The zero-order chi connectivity index (χ0) is 22.0. The van der Waals surface area contributed by atoms with E-state index < -0.39 is 0 Å². The highest BCUT2D eigenvalue weighted by atomic mass is 16.5. The zero-order valence-electron chi connectivity index (χ0n) is 18.3. The average molecular weight is 422 g/mol. The molecule has 31 heavy (non-hydrogen) atoms. The number of aryl methyl sites for hydroxylation is 3. The van der Waals surface area contributed by atoms with Crippen LogP contribution in [0.15, 0.2) is 41.3 Å². The van der Waals surface area contributed by atoms with Crippen molar-refractivity contribution in [3.8, 4) is 11.6 Å². The Kier molecular flexibility index (Phi) is 5.88. The number of rotatable bonds is 8. The molecule has 2 atom stereocenters. The van der Waals surface area contributed by atoms with Crippen molar-refractivity contribution in [2.24, 2.45) is 13.0 Å². The lowest BCUT2D eigenvalue weighted by atomic mass is 10.2. The highest BCUT2D eigenvalue weighted by Gasteiger charge is 2.40. The monoisotopic (exact) mass is 421 g/mol. The number of methoxy groups -OCH3 is 1. The van der Waals surface area contributed by atoms with Crippen molar-refractivity contribution < 1.29 is 9.47 Å². The third-order valence-corrected chi connectivity index (χ3v) is 5.59. The lowest BCUT2D eigenvalue weighted by Crippen LogP contribution is -2.24. The maximum atomic E-state index is 12.5. The Morgan fingerprint density at radius 2 is 2.06 bits per heavy atom. The molecular weight excluding hydrogens is 394 g/mol. The van der Waals surface area contributed by atoms with E-state index >= 15 is 0 Å². The Hall–Kier alpha value is -3.42. The summed E-state index contributed by atoms with van der Waals surface area (Å²) in [5.41, 5.74) is 4.27. The van der Waals surface area contributed by atoms with Gasteiger partial charge in [0.15, 0.2) is 0 Å². The van der Waals surface area contributed by atoms with Crippen LogP contribution in [-0.4, -0.2) is 33.5 Å². The van der Waals surface area contributed by atoms with E-state index in [-0.39, 0.29) is 5.56 Å². The second kappa shape index (κ2) is 8.75. The van der Waals surface area contributed by atoms with Gasteiger partial charge in [0.25, 0.3) is 5.56 Å². The molecule has 1 aliphatic carbocycles. The molecule has 3 heterocycles. The van der Waals surface area contributed by atoms with Crippen LogP contribution in [0.5, 0.6) is 11.6 Å². The van der Waals surface area contributed by atoms with Crippen LogP contribution in [0.4, 0.5) is 5.69 Å². The van der Waals surface area contributed by atoms with Gasteiger partial charge in [-0.05, 0) is 44.0 Å². The number of hydrogen-bond acceptors (Lipinski definition) is 7. The molecule has 0 radical (unpaired) electrons. The number of ether oxygens (including phenoxy) is 2. The van der Waals surface area contributed by atoms with Crippen molar-refractivity contribution in [2.45, 2.75) is 32.7 Å². The second-order valence-corrected chi connectivity index (χ2v) is 7.91. The minimum atomic E-state index is -0.197. The van der Waals surface area contributed by atoms with E-state index in [4.69, 9.17) is 9.47 Å². The molecular formula is C23H27N5O3. The normalized spacial score (nSPS) is 17.3. The summed E-state index contributed by atoms with van der Waals surface area (Å²) in [7, 11) is 3.26. The van der Waals surface area contributed by atoms with E-state index in [0.29, 0.717) is 36.6 Å². The predicted octanol–water partition coefficient (Wildman–Crippen LogP) is 2.99. The van der Waals surface area contributed by atoms with Gasteiger partial charge in [0, 0.05) is 48.6 Å². The van der Waals surface area contributed by atoms with Crippen molar-refractivity contribution in [1.82, 2.24) is 19.7 Å². The summed E-state index contributed by atoms with van der Waals surface area (Å²) < 4.78 is 12.4. The van der Waals surface area contributed by atoms with Crippen molar-refractivity contribution in [2.75, 3.05) is 19.0 Å². The summed E-state index contributed by atoms with van der Waals surface area (Å²) in [6.45, 7) is 4.96. The molecule has 1 aliphatic rings. The zero-order valence-corrected chi connectivity index (χ0v) is 18.3. The third kappa shape index (κ3) is 4.84. The van der Waals surface area contributed by atoms with Gasteiger partial charge >= 0.3 is 0 Å². The van der Waals surface area contributed by atoms with Gasteiger partial charge in [-0.1, -0.05) is 6.07 Å². The fourth-order valence-corrected chi connectivity index (χ4v) is 3.59. The molecule has 0 aromatic carbocycles. The van der Waals surface area contributed by atoms with Gasteiger partial charge in [-0.25, -0.2) is 4.68 Å². The number of hydrogen-bond donors (Lipinski definition) is 1. The van der Waals surface area contributed by atoms with Crippen molar-refractivity contribution in [3.63, 3.8) is 0 Å². The van der Waals surface area contributed by atoms with Gasteiger partial charge in [-0.15, -0.1) is 5.10 Å². The van der Waals surface area contributed by atoms with Gasteiger partial charge in [0.05, 0.1) is 19.9 Å². The molecule has 4 rings (SSSR count). The first-order chi connectivity index (χ1) is 14.9. The summed E-state index contributed by atoms with van der Waals surface area (Å²) in [6.07, 6.45) is 2.76. The van der Waals surface area contributed by atoms with E-state index in [0.717, 1.165) is 34.8 Å². The highest BCUT2D eigenvalue weighted by molar-refractivity contribution is 5.44. The van der Waals surface area contributed by atoms with Crippen molar-refractivity contribution in [1.29, 1.82) is 0 Å². The van der Waals surface area contributed by atoms with E-state index in [9.17, 15) is 4.79 Å². The quantitative estimate of drug-likeness (QED) is 0.598. The minimum Gasteiger partial charge on any atom is -0.495 e. The summed E-state index contributed by atoms with van der Waals surface area (Å²) in [5, 5.41) is 7.44. The number of pyridine rings is 2. The lowest BCUT2D eigenvalue weighted by molar-refractivity contribution is 0.278. The fraction of sp³-hybridized carbons (Fsp3) is 0.391. The molecule has 1 saturated carbocycles. The minimum absolute atomic E-state index is 0.197. The molecule has 3 aromatic heterocycles. The maximum absolute atomic E-state index is 12.5. The van der Waals surface area contributed by atoms with Crippen LogP contribution < -0.4 is 20.3 Å². The van der Waals surface area contributed by atoms with Crippen molar-refractivity contribution >= 4 is 5.69 Å². The number of anilines is 1. The van der Waals surface area contributed by atoms with Crippen molar-refractivity contribution in [3.05, 3.63) is 69.5 Å². The highest BCUT2D eigenvalue weighted by Crippen LogP contribution is 2.46. The first-order valence-corrected chi connectivity index (χ1v) is 10.3. The molecule has 0 unspecified atom stereocenters. The Balaban J connectivity index is 1.38. The average Bonchev–Trinajstić information content (AvgIpc) is 3.54. The van der Waals surface area contributed by atoms with Crippen LogP contribution in [0.2, 0.25) is 0 Å². The van der Waals surface area contributed by atoms with Crippen LogP contribution in [0.3, 0.4) is 0 Å². The molecule has 0 spiro atoms. The summed E-state index contributed by atoms with van der Waals surface area (Å²) in [6, 6.07) is 9.58. The second-order valence-electron chi connectivity index (χ2n) is 7.91. The van der Waals surface area contributed by atoms with Gasteiger partial charge in [0.1, 0.15) is 11.4 Å². The van der Waals surface area contributed by atoms with E-state index in [2.05, 4.69) is 20.4 Å². The molecule has 8 nitrogen and oxygen atoms in total. The number of nitrogens with zero attached hydrogens (tertiary/aromatic N) is 4. The molecule has 0 amide bonds. The van der Waals surface area contributed by atoms with Crippen LogP contribution in [0, 0.1) is 19.8 Å². The van der Waals surface area contributed by atoms with Crippen LogP contribution in [-0.2, 0) is 13.6 Å². The number of aromatic nitrogens is 4. The Labute approximate surface area is 181 Å². The molecule has 1 fully saturated rings. The van der Waals surface area contributed by atoms with E-state index in [1.54, 1.807) is 26.4 Å². The van der Waals surface area contributed by atoms with Crippen LogP contribution in [0.25, 0.3) is 0 Å². The van der Waals surface area contributed by atoms with Gasteiger partial charge in [0.2, 0.25) is 5.88 Å². The molecule has 8 heteroatoms. The number of nitrogens with one attached hydrogen (secondary N) is 1. The Bertz CT molecular complexity index is 1130. The van der Waals surface area contributed by atoms with E-state index in [1.807, 2.05) is 38.1 Å². The molecule has 0 saturated heterocycles. The third-order valence-electron chi connectivity index (χ3n) is 5.59. The van der Waals surface area contributed by atoms with Gasteiger partial charge < -0.3 is 14.8 Å². The SMILES string of the molecule is COc1ccc([C@H]2C[C@@H]2COc2cc(NCc3ccc(C)nc3C)c(=O)n(C)n2)nc1. The largest absolute Gasteiger partial charge is 0.495 e. The Morgan fingerprint density at radius 1 is 1.23 bits per heavy atom. The summed E-state index contributed by atoms with van der Waals surface area (Å²) in [5.74, 6) is 1.95. The smallest absolute Gasteiger partial charge is 0.290 e. The fourth-order valence-electron chi connectivity index (χ4n) is 3.59. The first kappa shape index (κ1) is 20.8. The van der Waals surface area contributed by atoms with Crippen LogP contribution >= 0.6 is 0 Å². The molecule has 0 aliphatic heterocycles. The van der Waals surface area contributed by atoms with Gasteiger partial charge in [-0.2, -0.15) is 0 Å². The van der Waals surface area contributed by atoms with E-state index in [1.165, 1.54) is 4.68 Å². The first-order valence-electron chi connectivity index (χ1n) is 10.3. The predicted molar refractivity (Wildman–Crippen MR) is 118 cm³/mol. The van der Waals surface area contributed by atoms with Crippen LogP contribution in [0.1, 0.15) is 35.0 Å². The molecule has 162 valence electrons. The standard InChI is InChI=1S/C23H27N5O3/c1-14-5-6-16(15(2)26-14)11-24-21-10-22(27-28(3)23(21)29)31-13-17-9-19(17)20-8-7-18(30-4)12-25-20/h5-8,10,12,17,19,24H,9,11,13H2,1-4H3/t17-,19+/m1/s1. The van der Waals surface area contributed by atoms with Gasteiger partial charge in [-0.3, -0.25) is 14.8 Å². The maximum Gasteiger partial charge on any atom is 0.290 e. The molecule has 1 N–H and O–H groups in total. The molecule has 3 aromatic rings. The Morgan fingerprint density at radius 3 is 2.77 bits per heavy atom. The summed E-state index contributed by atoms with van der Waals surface area (Å²) >= 11 is 0. The lowest BCUT2D eigenvalue weighted by Gasteiger charge is -2.12. The summed E-state index contributed by atoms with van der Waals surface area (Å²) in [4.78, 5) is 21.4. The molecule has 0 bridgehead atoms.